The van der Waals surface area contributed by atoms with E-state index in [-0.39, 0.29) is 5.91 Å². The molecule has 2 aromatic heterocycles. The number of aliphatic imine (C=N–C) groups is 1. The molecule has 0 atom stereocenters. The lowest BCUT2D eigenvalue weighted by Gasteiger charge is -2.36. The van der Waals surface area contributed by atoms with Gasteiger partial charge in [-0.15, -0.1) is 11.3 Å². The number of guanidine groups is 1. The first-order valence-electron chi connectivity index (χ1n) is 7.44. The van der Waals surface area contributed by atoms with Crippen LogP contribution in [0.2, 0.25) is 0 Å². The van der Waals surface area contributed by atoms with E-state index >= 15 is 0 Å². The van der Waals surface area contributed by atoms with Gasteiger partial charge in [0.1, 0.15) is 5.01 Å². The van der Waals surface area contributed by atoms with Gasteiger partial charge in [-0.2, -0.15) is 0 Å². The second-order valence-corrected chi connectivity index (χ2v) is 6.06. The van der Waals surface area contributed by atoms with Crippen molar-refractivity contribution < 1.29 is 9.21 Å². The van der Waals surface area contributed by atoms with Gasteiger partial charge in [0.15, 0.2) is 11.7 Å². The van der Waals surface area contributed by atoms with Gasteiger partial charge in [0.05, 0.1) is 12.8 Å². The van der Waals surface area contributed by atoms with Gasteiger partial charge in [0.25, 0.3) is 5.91 Å². The molecule has 3 heterocycles. The summed E-state index contributed by atoms with van der Waals surface area (Å²) in [6.07, 6.45) is 3.32. The lowest BCUT2D eigenvalue weighted by Crippen LogP contribution is -2.53. The first-order chi connectivity index (χ1) is 11.3. The Morgan fingerprint density at radius 3 is 2.78 bits per heavy atom. The Morgan fingerprint density at radius 2 is 2.17 bits per heavy atom. The molecule has 1 saturated heterocycles. The standard InChI is InChI=1S/C15H19N5O2S/c1-16-15(18-11-13-17-4-10-23-13)20-7-5-19(6-8-20)14(21)12-3-2-9-22-12/h2-4,9-10H,5-8,11H2,1H3,(H,16,18). The highest BCUT2D eigenvalue weighted by atomic mass is 32.1. The normalized spacial score (nSPS) is 15.8. The van der Waals surface area contributed by atoms with E-state index in [1.54, 1.807) is 36.7 Å². The number of amides is 1. The summed E-state index contributed by atoms with van der Waals surface area (Å²) in [5.74, 6) is 1.18. The molecule has 0 bridgehead atoms. The molecular weight excluding hydrogens is 314 g/mol. The second kappa shape index (κ2) is 7.28. The molecule has 0 aromatic carbocycles. The van der Waals surface area contributed by atoms with E-state index in [0.29, 0.717) is 25.4 Å². The number of rotatable bonds is 3. The monoisotopic (exact) mass is 333 g/mol. The second-order valence-electron chi connectivity index (χ2n) is 5.08. The third-order valence-corrected chi connectivity index (χ3v) is 4.47. The van der Waals surface area contributed by atoms with Crippen molar-refractivity contribution in [2.75, 3.05) is 33.2 Å². The molecule has 1 aliphatic heterocycles. The molecule has 0 unspecified atom stereocenters. The minimum Gasteiger partial charge on any atom is -0.459 e. The number of thiazole rings is 1. The van der Waals surface area contributed by atoms with Crippen LogP contribution in [-0.4, -0.2) is 59.9 Å². The van der Waals surface area contributed by atoms with Crippen LogP contribution in [0.1, 0.15) is 15.6 Å². The molecule has 122 valence electrons. The number of piperazine rings is 1. The van der Waals surface area contributed by atoms with Gasteiger partial charge in [-0.3, -0.25) is 9.79 Å². The number of nitrogens with zero attached hydrogens (tertiary/aromatic N) is 4. The van der Waals surface area contributed by atoms with E-state index in [1.807, 2.05) is 10.3 Å². The largest absolute Gasteiger partial charge is 0.459 e. The topological polar surface area (TPSA) is 74.0 Å². The van der Waals surface area contributed by atoms with Crippen molar-refractivity contribution in [1.29, 1.82) is 0 Å². The van der Waals surface area contributed by atoms with Crippen molar-refractivity contribution in [3.05, 3.63) is 40.7 Å². The zero-order valence-corrected chi connectivity index (χ0v) is 13.8. The summed E-state index contributed by atoms with van der Waals surface area (Å²) in [5, 5.41) is 6.30. The molecule has 0 saturated carbocycles. The smallest absolute Gasteiger partial charge is 0.289 e. The Morgan fingerprint density at radius 1 is 1.39 bits per heavy atom. The first-order valence-corrected chi connectivity index (χ1v) is 8.32. The summed E-state index contributed by atoms with van der Waals surface area (Å²) in [5.41, 5.74) is 0. The predicted molar refractivity (Wildman–Crippen MR) is 88.5 cm³/mol. The van der Waals surface area contributed by atoms with Crippen LogP contribution in [0.4, 0.5) is 0 Å². The molecule has 1 fully saturated rings. The van der Waals surface area contributed by atoms with Gasteiger partial charge in [-0.1, -0.05) is 0 Å². The predicted octanol–water partition coefficient (Wildman–Crippen LogP) is 1.27. The molecule has 1 N–H and O–H groups in total. The highest BCUT2D eigenvalue weighted by Gasteiger charge is 2.25. The first kappa shape index (κ1) is 15.5. The van der Waals surface area contributed by atoms with Crippen molar-refractivity contribution in [2.45, 2.75) is 6.54 Å². The lowest BCUT2D eigenvalue weighted by molar-refractivity contribution is 0.0657. The minimum atomic E-state index is -0.0552. The average Bonchev–Trinajstić information content (AvgIpc) is 3.29. The quantitative estimate of drug-likeness (QED) is 0.676. The third kappa shape index (κ3) is 3.70. The van der Waals surface area contributed by atoms with Crippen LogP contribution in [-0.2, 0) is 6.54 Å². The molecule has 2 aromatic rings. The minimum absolute atomic E-state index is 0.0552. The van der Waals surface area contributed by atoms with Crippen molar-refractivity contribution in [1.82, 2.24) is 20.1 Å². The number of furan rings is 1. The molecule has 1 aliphatic rings. The summed E-state index contributed by atoms with van der Waals surface area (Å²) in [7, 11) is 1.77. The molecule has 7 nitrogen and oxygen atoms in total. The van der Waals surface area contributed by atoms with Gasteiger partial charge < -0.3 is 19.5 Å². The number of carbonyl (C=O) groups excluding carboxylic acids is 1. The van der Waals surface area contributed by atoms with E-state index in [4.69, 9.17) is 4.42 Å². The number of hydrogen-bond donors (Lipinski definition) is 1. The van der Waals surface area contributed by atoms with Gasteiger partial charge >= 0.3 is 0 Å². The highest BCUT2D eigenvalue weighted by Crippen LogP contribution is 2.10. The summed E-state index contributed by atoms with van der Waals surface area (Å²) < 4.78 is 5.18. The summed E-state index contributed by atoms with van der Waals surface area (Å²) >= 11 is 1.61. The molecule has 3 rings (SSSR count). The van der Waals surface area contributed by atoms with Crippen molar-refractivity contribution in [2.24, 2.45) is 4.99 Å². The Balaban J connectivity index is 1.52. The molecule has 0 radical (unpaired) electrons. The van der Waals surface area contributed by atoms with Gasteiger partial charge in [0, 0.05) is 44.8 Å². The maximum absolute atomic E-state index is 12.2. The van der Waals surface area contributed by atoms with Gasteiger partial charge in [0.2, 0.25) is 0 Å². The fraction of sp³-hybridized carbons (Fsp3) is 0.400. The van der Waals surface area contributed by atoms with Crippen LogP contribution in [0, 0.1) is 0 Å². The summed E-state index contributed by atoms with van der Waals surface area (Å²) in [4.78, 5) is 24.8. The van der Waals surface area contributed by atoms with E-state index in [9.17, 15) is 4.79 Å². The van der Waals surface area contributed by atoms with E-state index in [0.717, 1.165) is 24.1 Å². The Hall–Kier alpha value is -2.35. The van der Waals surface area contributed by atoms with Crippen LogP contribution >= 0.6 is 11.3 Å². The average molecular weight is 333 g/mol. The molecule has 1 amide bonds. The highest BCUT2D eigenvalue weighted by molar-refractivity contribution is 7.09. The fourth-order valence-electron chi connectivity index (χ4n) is 2.50. The summed E-state index contributed by atoms with van der Waals surface area (Å²) in [6.45, 7) is 3.44. The van der Waals surface area contributed by atoms with Gasteiger partial charge in [-0.05, 0) is 12.1 Å². The van der Waals surface area contributed by atoms with Crippen LogP contribution < -0.4 is 5.32 Å². The Bertz CT molecular complexity index is 645. The molecule has 0 spiro atoms. The number of carbonyl (C=O) groups is 1. The van der Waals surface area contributed by atoms with E-state index < -0.39 is 0 Å². The zero-order valence-electron chi connectivity index (χ0n) is 12.9. The summed E-state index contributed by atoms with van der Waals surface area (Å²) in [6, 6.07) is 3.43. The van der Waals surface area contributed by atoms with Gasteiger partial charge in [-0.25, -0.2) is 4.98 Å². The molecule has 0 aliphatic carbocycles. The Kier molecular flexibility index (Phi) is 4.92. The van der Waals surface area contributed by atoms with Crippen LogP contribution in [0.3, 0.4) is 0 Å². The molecular formula is C15H19N5O2S. The van der Waals surface area contributed by atoms with E-state index in [2.05, 4.69) is 20.2 Å². The van der Waals surface area contributed by atoms with Crippen molar-refractivity contribution in [3.63, 3.8) is 0 Å². The van der Waals surface area contributed by atoms with Crippen LogP contribution in [0.15, 0.2) is 39.4 Å². The Labute approximate surface area is 138 Å². The number of aromatic nitrogens is 1. The maximum Gasteiger partial charge on any atom is 0.289 e. The van der Waals surface area contributed by atoms with Crippen molar-refractivity contribution in [3.8, 4) is 0 Å². The maximum atomic E-state index is 12.2. The van der Waals surface area contributed by atoms with Crippen LogP contribution in [0.5, 0.6) is 0 Å². The number of nitrogens with one attached hydrogen (secondary N) is 1. The molecule has 8 heteroatoms. The third-order valence-electron chi connectivity index (χ3n) is 3.69. The van der Waals surface area contributed by atoms with E-state index in [1.165, 1.54) is 6.26 Å². The molecule has 23 heavy (non-hydrogen) atoms. The number of hydrogen-bond acceptors (Lipinski definition) is 5. The zero-order chi connectivity index (χ0) is 16.1. The fourth-order valence-corrected chi connectivity index (χ4v) is 3.06. The lowest BCUT2D eigenvalue weighted by atomic mass is 10.3. The van der Waals surface area contributed by atoms with Crippen LogP contribution in [0.25, 0.3) is 0 Å². The SMILES string of the molecule is CN=C(NCc1nccs1)N1CCN(C(=O)c2ccco2)CC1. The van der Waals surface area contributed by atoms with Crippen molar-refractivity contribution >= 4 is 23.2 Å².